The highest BCUT2D eigenvalue weighted by Crippen LogP contribution is 2.09. The van der Waals surface area contributed by atoms with Crippen LogP contribution in [0.3, 0.4) is 0 Å². The van der Waals surface area contributed by atoms with Gasteiger partial charge in [-0.25, -0.2) is 9.38 Å². The number of rotatable bonds is 8. The van der Waals surface area contributed by atoms with Crippen LogP contribution < -0.4 is 10.6 Å². The summed E-state index contributed by atoms with van der Waals surface area (Å²) in [5.41, 5.74) is 1.64. The van der Waals surface area contributed by atoms with E-state index in [0.29, 0.717) is 31.2 Å². The zero-order chi connectivity index (χ0) is 16.4. The van der Waals surface area contributed by atoms with Crippen molar-refractivity contribution in [2.45, 2.75) is 34.2 Å². The first kappa shape index (κ1) is 22.1. The van der Waals surface area contributed by atoms with Crippen LogP contribution in [0.5, 0.6) is 0 Å². The van der Waals surface area contributed by atoms with Gasteiger partial charge < -0.3 is 15.4 Å². The number of aryl methyl sites for hydroxylation is 1. The lowest BCUT2D eigenvalue weighted by Gasteiger charge is -2.12. The van der Waals surface area contributed by atoms with E-state index in [0.717, 1.165) is 24.7 Å². The van der Waals surface area contributed by atoms with Crippen LogP contribution in [0, 0.1) is 18.7 Å². The minimum atomic E-state index is -0.180. The summed E-state index contributed by atoms with van der Waals surface area (Å²) in [7, 11) is 0. The smallest absolute Gasteiger partial charge is 0.191 e. The van der Waals surface area contributed by atoms with E-state index in [2.05, 4.69) is 29.5 Å². The van der Waals surface area contributed by atoms with E-state index in [1.165, 1.54) is 6.07 Å². The highest BCUT2D eigenvalue weighted by molar-refractivity contribution is 14.0. The van der Waals surface area contributed by atoms with Crippen molar-refractivity contribution in [1.82, 2.24) is 10.6 Å². The van der Waals surface area contributed by atoms with E-state index in [4.69, 9.17) is 4.74 Å². The first-order valence-corrected chi connectivity index (χ1v) is 7.87. The van der Waals surface area contributed by atoms with Crippen molar-refractivity contribution in [3.05, 3.63) is 35.1 Å². The molecule has 6 heteroatoms. The second-order valence-electron chi connectivity index (χ2n) is 5.67. The maximum Gasteiger partial charge on any atom is 0.191 e. The maximum absolute atomic E-state index is 13.2. The van der Waals surface area contributed by atoms with Crippen LogP contribution in [0.2, 0.25) is 0 Å². The molecule has 0 bridgehead atoms. The summed E-state index contributed by atoms with van der Waals surface area (Å²) >= 11 is 0. The number of nitrogens with one attached hydrogen (secondary N) is 2. The van der Waals surface area contributed by atoms with E-state index in [-0.39, 0.29) is 29.8 Å². The Hall–Kier alpha value is -0.890. The summed E-state index contributed by atoms with van der Waals surface area (Å²) in [6.07, 6.45) is 0. The van der Waals surface area contributed by atoms with E-state index in [1.807, 2.05) is 13.0 Å². The van der Waals surface area contributed by atoms with Gasteiger partial charge in [0.1, 0.15) is 5.82 Å². The molecule has 0 radical (unpaired) electrons. The molecule has 1 rings (SSSR count). The minimum Gasteiger partial charge on any atom is -0.379 e. The third kappa shape index (κ3) is 9.76. The topological polar surface area (TPSA) is 45.7 Å². The lowest BCUT2D eigenvalue weighted by atomic mass is 10.1. The maximum atomic E-state index is 13.2. The number of hydrogen-bond acceptors (Lipinski definition) is 2. The van der Waals surface area contributed by atoms with Gasteiger partial charge in [-0.05, 0) is 37.0 Å². The largest absolute Gasteiger partial charge is 0.379 e. The van der Waals surface area contributed by atoms with Crippen molar-refractivity contribution in [2.75, 3.05) is 26.3 Å². The molecule has 0 aliphatic carbocycles. The van der Waals surface area contributed by atoms with Gasteiger partial charge in [0.15, 0.2) is 5.96 Å². The van der Waals surface area contributed by atoms with Crippen molar-refractivity contribution in [1.29, 1.82) is 0 Å². The van der Waals surface area contributed by atoms with Crippen LogP contribution >= 0.6 is 24.0 Å². The summed E-state index contributed by atoms with van der Waals surface area (Å²) in [6, 6.07) is 5.08. The summed E-state index contributed by atoms with van der Waals surface area (Å²) in [5.74, 6) is 1.11. The third-order valence-electron chi connectivity index (χ3n) is 2.98. The zero-order valence-corrected chi connectivity index (χ0v) is 16.8. The summed E-state index contributed by atoms with van der Waals surface area (Å²) < 4.78 is 18.8. The summed E-state index contributed by atoms with van der Waals surface area (Å²) in [6.45, 7) is 11.5. The first-order valence-electron chi connectivity index (χ1n) is 7.87. The lowest BCUT2D eigenvalue weighted by Crippen LogP contribution is -2.39. The van der Waals surface area contributed by atoms with Crippen molar-refractivity contribution < 1.29 is 9.13 Å². The highest BCUT2D eigenvalue weighted by atomic mass is 127. The molecule has 132 valence electrons. The Morgan fingerprint density at radius 2 is 2.04 bits per heavy atom. The Labute approximate surface area is 156 Å². The van der Waals surface area contributed by atoms with Gasteiger partial charge in [-0.2, -0.15) is 0 Å². The molecule has 0 aliphatic heterocycles. The van der Waals surface area contributed by atoms with Crippen molar-refractivity contribution in [3.63, 3.8) is 0 Å². The standard InChI is InChI=1S/C17H28FN3O.HI/c1-5-19-17(20-8-9-22-12-13(2)3)21-11-15-6-7-16(18)14(4)10-15;/h6-7,10,13H,5,8-9,11-12H2,1-4H3,(H2,19,20,21);1H. The molecule has 0 fully saturated rings. The Morgan fingerprint density at radius 1 is 1.30 bits per heavy atom. The molecular weight excluding hydrogens is 408 g/mol. The Balaban J connectivity index is 0.00000484. The van der Waals surface area contributed by atoms with Gasteiger partial charge in [0.2, 0.25) is 0 Å². The second kappa shape index (κ2) is 12.5. The number of halogens is 2. The predicted molar refractivity (Wildman–Crippen MR) is 105 cm³/mol. The van der Waals surface area contributed by atoms with Gasteiger partial charge in [-0.1, -0.05) is 26.0 Å². The molecule has 1 aromatic rings. The van der Waals surface area contributed by atoms with E-state index in [1.54, 1.807) is 13.0 Å². The van der Waals surface area contributed by atoms with Crippen molar-refractivity contribution in [2.24, 2.45) is 10.9 Å². The highest BCUT2D eigenvalue weighted by Gasteiger charge is 2.01. The van der Waals surface area contributed by atoms with Crippen molar-refractivity contribution >= 4 is 29.9 Å². The zero-order valence-electron chi connectivity index (χ0n) is 14.5. The number of hydrogen-bond donors (Lipinski definition) is 2. The molecule has 23 heavy (non-hydrogen) atoms. The van der Waals surface area contributed by atoms with Crippen LogP contribution in [0.1, 0.15) is 31.9 Å². The number of aliphatic imine (C=N–C) groups is 1. The lowest BCUT2D eigenvalue weighted by molar-refractivity contribution is 0.114. The minimum absolute atomic E-state index is 0. The van der Waals surface area contributed by atoms with E-state index >= 15 is 0 Å². The fourth-order valence-corrected chi connectivity index (χ4v) is 1.88. The number of benzene rings is 1. The van der Waals surface area contributed by atoms with Gasteiger partial charge in [0.25, 0.3) is 0 Å². The monoisotopic (exact) mass is 437 g/mol. The van der Waals surface area contributed by atoms with Gasteiger partial charge in [0.05, 0.1) is 13.2 Å². The molecule has 2 N–H and O–H groups in total. The van der Waals surface area contributed by atoms with E-state index in [9.17, 15) is 4.39 Å². The predicted octanol–water partition coefficient (Wildman–Crippen LogP) is 3.48. The average molecular weight is 437 g/mol. The number of ether oxygens (including phenoxy) is 1. The van der Waals surface area contributed by atoms with Crippen LogP contribution in [-0.2, 0) is 11.3 Å². The number of guanidine groups is 1. The average Bonchev–Trinajstić information content (AvgIpc) is 2.47. The van der Waals surface area contributed by atoms with Gasteiger partial charge in [-0.15, -0.1) is 24.0 Å². The Morgan fingerprint density at radius 3 is 2.65 bits per heavy atom. The molecule has 0 unspecified atom stereocenters. The molecule has 0 atom stereocenters. The van der Waals surface area contributed by atoms with Crippen molar-refractivity contribution in [3.8, 4) is 0 Å². The Kier molecular flexibility index (Phi) is 12.0. The molecular formula is C17H29FIN3O. The molecule has 4 nitrogen and oxygen atoms in total. The van der Waals surface area contributed by atoms with Crippen LogP contribution in [0.25, 0.3) is 0 Å². The summed E-state index contributed by atoms with van der Waals surface area (Å²) in [5, 5.41) is 6.42. The molecule has 1 aromatic carbocycles. The molecule has 0 saturated carbocycles. The molecule has 0 amide bonds. The van der Waals surface area contributed by atoms with E-state index < -0.39 is 0 Å². The summed E-state index contributed by atoms with van der Waals surface area (Å²) in [4.78, 5) is 4.50. The fourth-order valence-electron chi connectivity index (χ4n) is 1.88. The fraction of sp³-hybridized carbons (Fsp3) is 0.588. The van der Waals surface area contributed by atoms with Gasteiger partial charge in [0, 0.05) is 19.7 Å². The van der Waals surface area contributed by atoms with Crippen LogP contribution in [-0.4, -0.2) is 32.3 Å². The molecule has 0 aliphatic rings. The second-order valence-corrected chi connectivity index (χ2v) is 5.67. The quantitative estimate of drug-likeness (QED) is 0.283. The molecule has 0 spiro atoms. The Bertz CT molecular complexity index is 481. The molecule has 0 heterocycles. The molecule has 0 aromatic heterocycles. The SMILES string of the molecule is CCNC(=NCc1ccc(F)c(C)c1)NCCOCC(C)C.I. The number of nitrogens with zero attached hydrogens (tertiary/aromatic N) is 1. The first-order chi connectivity index (χ1) is 10.5. The normalized spacial score (nSPS) is 11.3. The van der Waals surface area contributed by atoms with Gasteiger partial charge >= 0.3 is 0 Å². The molecule has 0 saturated heterocycles. The third-order valence-corrected chi connectivity index (χ3v) is 2.98. The van der Waals surface area contributed by atoms with Crippen LogP contribution in [0.15, 0.2) is 23.2 Å². The van der Waals surface area contributed by atoms with Gasteiger partial charge in [-0.3, -0.25) is 0 Å². The van der Waals surface area contributed by atoms with Crippen LogP contribution in [0.4, 0.5) is 4.39 Å².